The van der Waals surface area contributed by atoms with Gasteiger partial charge in [0.2, 0.25) is 5.91 Å². The lowest BCUT2D eigenvalue weighted by Crippen LogP contribution is -2.19. The van der Waals surface area contributed by atoms with Crippen molar-refractivity contribution in [2.45, 2.75) is 13.5 Å². The molecule has 0 radical (unpaired) electrons. The summed E-state index contributed by atoms with van der Waals surface area (Å²) in [6, 6.07) is 25.0. The van der Waals surface area contributed by atoms with Crippen LogP contribution in [-0.2, 0) is 16.1 Å². The number of fused-ring (bicyclic) bond motifs is 1. The van der Waals surface area contributed by atoms with Crippen LogP contribution >= 0.6 is 11.8 Å². The molecule has 0 spiro atoms. The van der Waals surface area contributed by atoms with Crippen LogP contribution in [0.3, 0.4) is 0 Å². The van der Waals surface area contributed by atoms with Gasteiger partial charge in [-0.05, 0) is 55.1 Å². The number of nitrogens with zero attached hydrogens (tertiary/aromatic N) is 2. The Kier molecular flexibility index (Phi) is 6.01. The lowest BCUT2D eigenvalue weighted by molar-refractivity contribution is -0.117. The molecule has 0 atom stereocenters. The Morgan fingerprint density at radius 3 is 2.56 bits per heavy atom. The van der Waals surface area contributed by atoms with Gasteiger partial charge in [-0.3, -0.25) is 9.59 Å². The first-order valence-electron chi connectivity index (χ1n) is 10.8. The minimum Gasteiger partial charge on any atom is -0.337 e. The highest BCUT2D eigenvalue weighted by Gasteiger charge is 2.24. The quantitative estimate of drug-likeness (QED) is 0.383. The summed E-state index contributed by atoms with van der Waals surface area (Å²) in [6.45, 7) is 2.18. The molecule has 2 amide bonds. The first-order valence-corrected chi connectivity index (χ1v) is 11.7. The number of amides is 2. The fourth-order valence-corrected chi connectivity index (χ4v) is 4.59. The van der Waals surface area contributed by atoms with Gasteiger partial charge in [-0.1, -0.05) is 54.1 Å². The Balaban J connectivity index is 1.40. The number of aromatic nitrogens is 1. The fraction of sp³-hybridized carbons (Fsp3) is 0.0741. The largest absolute Gasteiger partial charge is 0.337 e. The molecule has 1 aromatic heterocycles. The van der Waals surface area contributed by atoms with Gasteiger partial charge >= 0.3 is 0 Å². The third kappa shape index (κ3) is 4.79. The van der Waals surface area contributed by atoms with Crippen molar-refractivity contribution in [3.63, 3.8) is 0 Å². The van der Waals surface area contributed by atoms with Gasteiger partial charge in [0, 0.05) is 28.4 Å². The zero-order valence-corrected chi connectivity index (χ0v) is 19.3. The zero-order valence-electron chi connectivity index (χ0n) is 18.5. The van der Waals surface area contributed by atoms with E-state index >= 15 is 0 Å². The molecule has 5 rings (SSSR count). The van der Waals surface area contributed by atoms with E-state index in [0.29, 0.717) is 10.1 Å². The number of hydrogen-bond acceptors (Lipinski definition) is 4. The van der Waals surface area contributed by atoms with Gasteiger partial charge in [0.05, 0.1) is 10.6 Å². The summed E-state index contributed by atoms with van der Waals surface area (Å²) in [7, 11) is 0. The molecule has 34 heavy (non-hydrogen) atoms. The Morgan fingerprint density at radius 2 is 1.76 bits per heavy atom. The molecular formula is C27H22N4O2S. The first kappa shape index (κ1) is 21.7. The third-order valence-corrected chi connectivity index (χ3v) is 6.30. The Morgan fingerprint density at radius 1 is 1.03 bits per heavy atom. The molecule has 4 aromatic rings. The van der Waals surface area contributed by atoms with E-state index in [9.17, 15) is 9.59 Å². The highest BCUT2D eigenvalue weighted by molar-refractivity contribution is 8.18. The number of anilines is 1. The number of benzene rings is 3. The average molecular weight is 467 g/mol. The monoisotopic (exact) mass is 466 g/mol. The molecular weight excluding hydrogens is 444 g/mol. The van der Waals surface area contributed by atoms with Crippen molar-refractivity contribution in [3.05, 3.63) is 101 Å². The van der Waals surface area contributed by atoms with Crippen molar-refractivity contribution in [3.8, 4) is 0 Å². The topological polar surface area (TPSA) is 75.5 Å². The van der Waals surface area contributed by atoms with Crippen LogP contribution in [0, 0.1) is 6.92 Å². The van der Waals surface area contributed by atoms with E-state index in [1.807, 2.05) is 103 Å². The van der Waals surface area contributed by atoms with Crippen LogP contribution in [0.5, 0.6) is 0 Å². The van der Waals surface area contributed by atoms with Gasteiger partial charge in [-0.15, -0.1) is 0 Å². The second-order valence-corrected chi connectivity index (χ2v) is 8.99. The van der Waals surface area contributed by atoms with E-state index in [1.54, 1.807) is 0 Å². The molecule has 1 aliphatic heterocycles. The van der Waals surface area contributed by atoms with E-state index in [2.05, 4.69) is 15.6 Å². The molecule has 1 aliphatic rings. The molecule has 0 saturated carbocycles. The number of carbonyl (C=O) groups excluding carboxylic acids is 2. The molecule has 1 fully saturated rings. The van der Waals surface area contributed by atoms with Crippen molar-refractivity contribution in [1.82, 2.24) is 9.88 Å². The van der Waals surface area contributed by atoms with Crippen LogP contribution in [0.1, 0.15) is 11.1 Å². The van der Waals surface area contributed by atoms with E-state index in [4.69, 9.17) is 0 Å². The Bertz CT molecular complexity index is 1440. The van der Waals surface area contributed by atoms with Crippen molar-refractivity contribution < 1.29 is 9.59 Å². The summed E-state index contributed by atoms with van der Waals surface area (Å²) in [6.07, 6.45) is 3.76. The summed E-state index contributed by atoms with van der Waals surface area (Å²) >= 11 is 1.31. The SMILES string of the molecule is Cc1ccc(N=C2NC(=O)/C(=C\c3cn(CC(=O)Nc4ccccc4)c4ccccc34)S2)cc1. The lowest BCUT2D eigenvalue weighted by Gasteiger charge is -2.07. The first-order chi connectivity index (χ1) is 16.5. The summed E-state index contributed by atoms with van der Waals surface area (Å²) in [5, 5.41) is 7.27. The summed E-state index contributed by atoms with van der Waals surface area (Å²) < 4.78 is 1.90. The van der Waals surface area contributed by atoms with E-state index in [1.165, 1.54) is 11.8 Å². The Labute approximate surface area is 201 Å². The smallest absolute Gasteiger partial charge is 0.264 e. The molecule has 2 N–H and O–H groups in total. The van der Waals surface area contributed by atoms with Crippen molar-refractivity contribution in [2.75, 3.05) is 5.32 Å². The molecule has 0 unspecified atom stereocenters. The molecule has 0 aliphatic carbocycles. The van der Waals surface area contributed by atoms with Crippen LogP contribution < -0.4 is 10.6 Å². The molecule has 0 bridgehead atoms. The van der Waals surface area contributed by atoms with Gasteiger partial charge in [0.1, 0.15) is 6.54 Å². The third-order valence-electron chi connectivity index (χ3n) is 5.39. The molecule has 3 aromatic carbocycles. The van der Waals surface area contributed by atoms with Crippen LogP contribution in [0.2, 0.25) is 0 Å². The number of thioether (sulfide) groups is 1. The standard InChI is InChI=1S/C27H22N4O2S/c1-18-11-13-21(14-12-18)29-27-30-26(33)24(34-27)15-19-16-31(23-10-6-5-9-22(19)23)17-25(32)28-20-7-3-2-4-8-20/h2-16H,17H2,1H3,(H,28,32)(H,29,30,33)/b24-15+. The number of aliphatic imine (C=N–C) groups is 1. The fourth-order valence-electron chi connectivity index (χ4n) is 3.76. The van der Waals surface area contributed by atoms with Gasteiger partial charge in [0.25, 0.3) is 5.91 Å². The van der Waals surface area contributed by atoms with Gasteiger partial charge in [-0.2, -0.15) is 0 Å². The predicted molar refractivity (Wildman–Crippen MR) is 139 cm³/mol. The van der Waals surface area contributed by atoms with Gasteiger partial charge in [0.15, 0.2) is 5.17 Å². The van der Waals surface area contributed by atoms with E-state index < -0.39 is 0 Å². The molecule has 1 saturated heterocycles. The van der Waals surface area contributed by atoms with E-state index in [-0.39, 0.29) is 18.4 Å². The molecule has 168 valence electrons. The summed E-state index contributed by atoms with van der Waals surface area (Å²) in [5.74, 6) is -0.304. The normalized spacial score (nSPS) is 15.7. The highest BCUT2D eigenvalue weighted by atomic mass is 32.2. The number of amidine groups is 1. The number of para-hydroxylation sites is 2. The lowest BCUT2D eigenvalue weighted by atomic mass is 10.1. The minimum atomic E-state index is -0.186. The maximum Gasteiger partial charge on any atom is 0.264 e. The minimum absolute atomic E-state index is 0.119. The predicted octanol–water partition coefficient (Wildman–Crippen LogP) is 5.48. The molecule has 7 heteroatoms. The van der Waals surface area contributed by atoms with Crippen molar-refractivity contribution in [1.29, 1.82) is 0 Å². The number of rotatable bonds is 5. The van der Waals surface area contributed by atoms with Gasteiger partial charge in [-0.25, -0.2) is 4.99 Å². The maximum atomic E-state index is 12.6. The molecule has 6 nitrogen and oxygen atoms in total. The zero-order chi connectivity index (χ0) is 23.5. The molecule has 2 heterocycles. The van der Waals surface area contributed by atoms with E-state index in [0.717, 1.165) is 33.4 Å². The number of hydrogen-bond donors (Lipinski definition) is 2. The van der Waals surface area contributed by atoms with Gasteiger partial charge < -0.3 is 15.2 Å². The second kappa shape index (κ2) is 9.41. The van der Waals surface area contributed by atoms with Crippen molar-refractivity contribution >= 4 is 57.1 Å². The average Bonchev–Trinajstić information content (AvgIpc) is 3.36. The van der Waals surface area contributed by atoms with Crippen LogP contribution in [0.25, 0.3) is 17.0 Å². The highest BCUT2D eigenvalue weighted by Crippen LogP contribution is 2.31. The Hall–Kier alpha value is -4.10. The number of nitrogens with one attached hydrogen (secondary N) is 2. The van der Waals surface area contributed by atoms with Crippen molar-refractivity contribution in [2.24, 2.45) is 4.99 Å². The number of carbonyl (C=O) groups is 2. The maximum absolute atomic E-state index is 12.6. The number of aryl methyl sites for hydroxylation is 1. The van der Waals surface area contributed by atoms with Crippen LogP contribution in [0.15, 0.2) is 95.0 Å². The summed E-state index contributed by atoms with van der Waals surface area (Å²) in [5.41, 5.74) is 4.50. The summed E-state index contributed by atoms with van der Waals surface area (Å²) in [4.78, 5) is 30.3. The second-order valence-electron chi connectivity index (χ2n) is 7.96. The van der Waals surface area contributed by atoms with Crippen LogP contribution in [-0.4, -0.2) is 21.5 Å². The van der Waals surface area contributed by atoms with Crippen LogP contribution in [0.4, 0.5) is 11.4 Å².